The second-order valence-corrected chi connectivity index (χ2v) is 8.45. The second kappa shape index (κ2) is 7.47. The number of fused-ring (bicyclic) bond motifs is 1. The predicted molar refractivity (Wildman–Crippen MR) is 113 cm³/mol. The summed E-state index contributed by atoms with van der Waals surface area (Å²) >= 11 is 0. The maximum Gasteiger partial charge on any atom is 0.255 e. The molecule has 0 spiro atoms. The zero-order valence-corrected chi connectivity index (χ0v) is 17.1. The normalized spacial score (nSPS) is 23.8. The van der Waals surface area contributed by atoms with Crippen LogP contribution in [-0.2, 0) is 9.59 Å². The van der Waals surface area contributed by atoms with Gasteiger partial charge in [0.05, 0.1) is 17.5 Å². The van der Waals surface area contributed by atoms with Gasteiger partial charge in [0.1, 0.15) is 0 Å². The van der Waals surface area contributed by atoms with Crippen molar-refractivity contribution in [3.63, 3.8) is 0 Å². The van der Waals surface area contributed by atoms with Gasteiger partial charge in [-0.05, 0) is 80.5 Å². The molecule has 1 aliphatic carbocycles. The van der Waals surface area contributed by atoms with Gasteiger partial charge in [0.15, 0.2) is 0 Å². The maximum absolute atomic E-state index is 12.9. The number of rotatable bonds is 3. The van der Waals surface area contributed by atoms with Crippen molar-refractivity contribution >= 4 is 29.1 Å². The molecule has 2 fully saturated rings. The molecule has 2 aromatic carbocycles. The average molecular weight is 390 g/mol. The number of carbonyl (C=O) groups excluding carboxylic acids is 3. The molecule has 0 aromatic heterocycles. The first kappa shape index (κ1) is 19.4. The standard InChI is InChI=1S/C24H26N2O3/c1-14-7-10-20-21(11-14)24(29)26(23(20)28)19-6-4-5-17(13-19)22(27)25-18-9-8-15(2)16(3)12-18/h4-6,8-9,12-14,20-21H,7,10-11H2,1-3H3,(H,25,27)/t14-,20+,21+/m0/s1. The summed E-state index contributed by atoms with van der Waals surface area (Å²) in [4.78, 5) is 39.9. The number of benzene rings is 2. The minimum absolute atomic E-state index is 0.126. The number of aryl methyl sites for hydroxylation is 2. The fourth-order valence-corrected chi connectivity index (χ4v) is 4.45. The van der Waals surface area contributed by atoms with Gasteiger partial charge in [0.25, 0.3) is 5.91 Å². The Bertz CT molecular complexity index is 997. The van der Waals surface area contributed by atoms with Gasteiger partial charge in [0, 0.05) is 11.3 Å². The molecular weight excluding hydrogens is 364 g/mol. The van der Waals surface area contributed by atoms with Gasteiger partial charge in [-0.3, -0.25) is 19.3 Å². The van der Waals surface area contributed by atoms with Crippen molar-refractivity contribution in [3.8, 4) is 0 Å². The van der Waals surface area contributed by atoms with Gasteiger partial charge < -0.3 is 5.32 Å². The Morgan fingerprint density at radius 1 is 0.966 bits per heavy atom. The summed E-state index contributed by atoms with van der Waals surface area (Å²) < 4.78 is 0. The molecule has 1 heterocycles. The van der Waals surface area contributed by atoms with E-state index in [0.29, 0.717) is 17.2 Å². The highest BCUT2D eigenvalue weighted by molar-refractivity contribution is 6.22. The lowest BCUT2D eigenvalue weighted by Gasteiger charge is -2.25. The molecule has 1 aliphatic heterocycles. The number of amides is 3. The first-order valence-electron chi connectivity index (χ1n) is 10.2. The van der Waals surface area contributed by atoms with Crippen LogP contribution in [0.4, 0.5) is 11.4 Å². The first-order chi connectivity index (χ1) is 13.8. The number of nitrogens with zero attached hydrogens (tertiary/aromatic N) is 1. The van der Waals surface area contributed by atoms with Crippen LogP contribution in [0.25, 0.3) is 0 Å². The van der Waals surface area contributed by atoms with Gasteiger partial charge in [-0.1, -0.05) is 19.1 Å². The number of imide groups is 1. The minimum atomic E-state index is -0.264. The molecule has 4 rings (SSSR count). The Balaban J connectivity index is 1.57. The van der Waals surface area contributed by atoms with Crippen molar-refractivity contribution in [1.82, 2.24) is 0 Å². The van der Waals surface area contributed by atoms with Crippen LogP contribution in [0, 0.1) is 31.6 Å². The third kappa shape index (κ3) is 3.57. The minimum Gasteiger partial charge on any atom is -0.322 e. The molecule has 5 heteroatoms. The lowest BCUT2D eigenvalue weighted by atomic mass is 9.76. The third-order valence-electron chi connectivity index (χ3n) is 6.32. The lowest BCUT2D eigenvalue weighted by Crippen LogP contribution is -2.31. The van der Waals surface area contributed by atoms with Crippen molar-refractivity contribution in [3.05, 3.63) is 59.2 Å². The number of hydrogen-bond acceptors (Lipinski definition) is 3. The number of carbonyl (C=O) groups is 3. The molecule has 29 heavy (non-hydrogen) atoms. The van der Waals surface area contributed by atoms with E-state index in [1.807, 2.05) is 32.0 Å². The summed E-state index contributed by atoms with van der Waals surface area (Å²) in [5, 5.41) is 2.89. The largest absolute Gasteiger partial charge is 0.322 e. The summed E-state index contributed by atoms with van der Waals surface area (Å²) in [6.07, 6.45) is 2.50. The Morgan fingerprint density at radius 2 is 1.72 bits per heavy atom. The molecule has 1 saturated heterocycles. The molecule has 1 saturated carbocycles. The maximum atomic E-state index is 12.9. The lowest BCUT2D eigenvalue weighted by molar-refractivity contribution is -0.122. The molecule has 5 nitrogen and oxygen atoms in total. The molecular formula is C24H26N2O3. The van der Waals surface area contributed by atoms with Gasteiger partial charge in [-0.15, -0.1) is 0 Å². The fraction of sp³-hybridized carbons (Fsp3) is 0.375. The van der Waals surface area contributed by atoms with E-state index in [1.165, 1.54) is 4.90 Å². The van der Waals surface area contributed by atoms with E-state index in [9.17, 15) is 14.4 Å². The predicted octanol–water partition coefficient (Wildman–Crippen LogP) is 4.48. The summed E-state index contributed by atoms with van der Waals surface area (Å²) in [6.45, 7) is 6.15. The van der Waals surface area contributed by atoms with Crippen molar-refractivity contribution in [1.29, 1.82) is 0 Å². The quantitative estimate of drug-likeness (QED) is 0.786. The van der Waals surface area contributed by atoms with Gasteiger partial charge >= 0.3 is 0 Å². The SMILES string of the molecule is Cc1ccc(NC(=O)c2cccc(N3C(=O)[C@@H]4CC[C@H](C)C[C@H]4C3=O)c2)cc1C. The highest BCUT2D eigenvalue weighted by Crippen LogP contribution is 2.42. The zero-order valence-electron chi connectivity index (χ0n) is 17.1. The molecule has 0 bridgehead atoms. The highest BCUT2D eigenvalue weighted by atomic mass is 16.2. The van der Waals surface area contributed by atoms with E-state index in [1.54, 1.807) is 24.3 Å². The molecule has 0 radical (unpaired) electrons. The van der Waals surface area contributed by atoms with E-state index < -0.39 is 0 Å². The van der Waals surface area contributed by atoms with Gasteiger partial charge in [-0.2, -0.15) is 0 Å². The monoisotopic (exact) mass is 390 g/mol. The average Bonchev–Trinajstić information content (AvgIpc) is 2.94. The van der Waals surface area contributed by atoms with Crippen LogP contribution in [0.2, 0.25) is 0 Å². The van der Waals surface area contributed by atoms with E-state index in [2.05, 4.69) is 12.2 Å². The molecule has 2 aromatic rings. The van der Waals surface area contributed by atoms with Crippen LogP contribution in [0.5, 0.6) is 0 Å². The summed E-state index contributed by atoms with van der Waals surface area (Å²) in [7, 11) is 0. The topological polar surface area (TPSA) is 66.5 Å². The van der Waals surface area contributed by atoms with Crippen molar-refractivity contribution in [2.75, 3.05) is 10.2 Å². The van der Waals surface area contributed by atoms with E-state index in [4.69, 9.17) is 0 Å². The molecule has 3 atom stereocenters. The Morgan fingerprint density at radius 3 is 2.48 bits per heavy atom. The molecule has 150 valence electrons. The molecule has 3 amide bonds. The summed E-state index contributed by atoms with van der Waals surface area (Å²) in [5.74, 6) is -0.494. The Kier molecular flexibility index (Phi) is 4.99. The van der Waals surface area contributed by atoms with Crippen LogP contribution in [0.3, 0.4) is 0 Å². The third-order valence-corrected chi connectivity index (χ3v) is 6.32. The van der Waals surface area contributed by atoms with Crippen LogP contribution in [-0.4, -0.2) is 17.7 Å². The van der Waals surface area contributed by atoms with Crippen LogP contribution in [0.15, 0.2) is 42.5 Å². The number of anilines is 2. The van der Waals surface area contributed by atoms with E-state index >= 15 is 0 Å². The first-order valence-corrected chi connectivity index (χ1v) is 10.2. The van der Waals surface area contributed by atoms with Crippen LogP contribution >= 0.6 is 0 Å². The Labute approximate surface area is 171 Å². The second-order valence-electron chi connectivity index (χ2n) is 8.45. The summed E-state index contributed by atoms with van der Waals surface area (Å²) in [5.41, 5.74) is 3.88. The van der Waals surface area contributed by atoms with E-state index in [0.717, 1.165) is 36.1 Å². The number of nitrogens with one attached hydrogen (secondary N) is 1. The fourth-order valence-electron chi connectivity index (χ4n) is 4.45. The smallest absolute Gasteiger partial charge is 0.255 e. The highest BCUT2D eigenvalue weighted by Gasteiger charge is 2.50. The molecule has 2 aliphatic rings. The van der Waals surface area contributed by atoms with Crippen molar-refractivity contribution in [2.24, 2.45) is 17.8 Å². The Hall–Kier alpha value is -2.95. The molecule has 0 unspecified atom stereocenters. The van der Waals surface area contributed by atoms with E-state index in [-0.39, 0.29) is 29.6 Å². The van der Waals surface area contributed by atoms with Crippen molar-refractivity contribution in [2.45, 2.75) is 40.0 Å². The zero-order chi connectivity index (χ0) is 20.7. The number of hydrogen-bond donors (Lipinski definition) is 1. The van der Waals surface area contributed by atoms with Gasteiger partial charge in [-0.25, -0.2) is 0 Å². The molecule has 1 N–H and O–H groups in total. The van der Waals surface area contributed by atoms with Crippen LogP contribution < -0.4 is 10.2 Å². The van der Waals surface area contributed by atoms with Gasteiger partial charge in [0.2, 0.25) is 11.8 Å². The van der Waals surface area contributed by atoms with Crippen molar-refractivity contribution < 1.29 is 14.4 Å². The summed E-state index contributed by atoms with van der Waals surface area (Å²) in [6, 6.07) is 12.5. The van der Waals surface area contributed by atoms with Crippen LogP contribution in [0.1, 0.15) is 47.7 Å².